The molecule has 1 atom stereocenters. The number of hydrogen-bond donors (Lipinski definition) is 2. The summed E-state index contributed by atoms with van der Waals surface area (Å²) in [6.07, 6.45) is 0.528. The number of sulfonamides is 1. The van der Waals surface area contributed by atoms with Crippen LogP contribution in [0.3, 0.4) is 0 Å². The van der Waals surface area contributed by atoms with E-state index in [0.717, 1.165) is 7.11 Å². The minimum absolute atomic E-state index is 0.0733. The van der Waals surface area contributed by atoms with Crippen LogP contribution in [0, 0.1) is 0 Å². The van der Waals surface area contributed by atoms with Gasteiger partial charge in [0.1, 0.15) is 0 Å². The van der Waals surface area contributed by atoms with Crippen molar-refractivity contribution >= 4 is 16.0 Å². The smallest absolute Gasteiger partial charge is 0.322 e. The zero-order chi connectivity index (χ0) is 11.2. The molecule has 0 aromatic rings. The number of carbonyl (C=O) groups is 1. The normalized spacial score (nSPS) is 13.6. The van der Waals surface area contributed by atoms with Gasteiger partial charge in [-0.3, -0.25) is 4.79 Å². The predicted octanol–water partition coefficient (Wildman–Crippen LogP) is -1.18. The van der Waals surface area contributed by atoms with Crippen LogP contribution in [-0.4, -0.2) is 39.8 Å². The fourth-order valence-electron chi connectivity index (χ4n) is 0.707. The van der Waals surface area contributed by atoms with E-state index in [-0.39, 0.29) is 12.6 Å². The van der Waals surface area contributed by atoms with Crippen molar-refractivity contribution in [2.24, 2.45) is 5.73 Å². The number of methoxy groups -OCH3 is 1. The van der Waals surface area contributed by atoms with Crippen LogP contribution in [0.5, 0.6) is 0 Å². The SMILES string of the molecule is COC(=O)CS(=O)(=O)NCCC(C)N. The van der Waals surface area contributed by atoms with Crippen molar-refractivity contribution in [3.05, 3.63) is 0 Å². The molecule has 0 saturated carbocycles. The van der Waals surface area contributed by atoms with Crippen LogP contribution in [0.25, 0.3) is 0 Å². The van der Waals surface area contributed by atoms with Gasteiger partial charge >= 0.3 is 5.97 Å². The number of rotatable bonds is 6. The molecule has 0 aliphatic carbocycles. The summed E-state index contributed by atoms with van der Waals surface area (Å²) in [5.74, 6) is -1.43. The predicted molar refractivity (Wildman–Crippen MR) is 52.1 cm³/mol. The fraction of sp³-hybridized carbons (Fsp3) is 0.857. The molecule has 0 aromatic heterocycles. The van der Waals surface area contributed by atoms with Crippen LogP contribution in [-0.2, 0) is 19.6 Å². The van der Waals surface area contributed by atoms with Gasteiger partial charge in [-0.1, -0.05) is 0 Å². The zero-order valence-corrected chi connectivity index (χ0v) is 9.13. The van der Waals surface area contributed by atoms with Gasteiger partial charge in [0.15, 0.2) is 5.75 Å². The number of nitrogens with two attached hydrogens (primary N) is 1. The Bertz CT molecular complexity index is 273. The lowest BCUT2D eigenvalue weighted by molar-refractivity contribution is -0.137. The van der Waals surface area contributed by atoms with E-state index in [1.807, 2.05) is 0 Å². The Balaban J connectivity index is 3.91. The summed E-state index contributed by atoms with van der Waals surface area (Å²) >= 11 is 0. The van der Waals surface area contributed by atoms with E-state index < -0.39 is 21.7 Å². The van der Waals surface area contributed by atoms with Crippen molar-refractivity contribution in [1.82, 2.24) is 4.72 Å². The van der Waals surface area contributed by atoms with Gasteiger partial charge in [-0.25, -0.2) is 13.1 Å². The van der Waals surface area contributed by atoms with Crippen molar-refractivity contribution in [1.29, 1.82) is 0 Å². The maximum atomic E-state index is 11.1. The Morgan fingerprint density at radius 2 is 2.14 bits per heavy atom. The van der Waals surface area contributed by atoms with Gasteiger partial charge < -0.3 is 10.5 Å². The first-order valence-electron chi connectivity index (χ1n) is 4.17. The lowest BCUT2D eigenvalue weighted by Crippen LogP contribution is -2.33. The average molecular weight is 224 g/mol. The average Bonchev–Trinajstić information content (AvgIpc) is 2.02. The molecule has 14 heavy (non-hydrogen) atoms. The van der Waals surface area contributed by atoms with E-state index in [1.54, 1.807) is 6.92 Å². The first-order valence-corrected chi connectivity index (χ1v) is 5.82. The van der Waals surface area contributed by atoms with Crippen molar-refractivity contribution in [3.8, 4) is 0 Å². The molecule has 0 fully saturated rings. The summed E-state index contributed by atoms with van der Waals surface area (Å²) in [7, 11) is -2.43. The van der Waals surface area contributed by atoms with Crippen LogP contribution >= 0.6 is 0 Å². The molecule has 0 amide bonds. The van der Waals surface area contributed by atoms with Crippen LogP contribution in [0.4, 0.5) is 0 Å². The molecule has 0 rings (SSSR count). The molecule has 3 N–H and O–H groups in total. The zero-order valence-electron chi connectivity index (χ0n) is 8.32. The highest BCUT2D eigenvalue weighted by Gasteiger charge is 2.15. The largest absolute Gasteiger partial charge is 0.468 e. The van der Waals surface area contributed by atoms with Gasteiger partial charge in [0, 0.05) is 12.6 Å². The van der Waals surface area contributed by atoms with E-state index in [2.05, 4.69) is 9.46 Å². The molecule has 1 unspecified atom stereocenters. The second kappa shape index (κ2) is 5.94. The van der Waals surface area contributed by atoms with Crippen molar-refractivity contribution < 1.29 is 17.9 Å². The molecule has 0 spiro atoms. The third-order valence-electron chi connectivity index (χ3n) is 1.46. The van der Waals surface area contributed by atoms with Crippen LogP contribution < -0.4 is 10.5 Å². The Kier molecular flexibility index (Phi) is 5.66. The highest BCUT2D eigenvalue weighted by Crippen LogP contribution is 1.89. The van der Waals surface area contributed by atoms with E-state index in [0.29, 0.717) is 6.42 Å². The molecule has 0 heterocycles. The number of hydrogen-bond acceptors (Lipinski definition) is 5. The Morgan fingerprint density at radius 1 is 1.57 bits per heavy atom. The molecule has 0 aliphatic heterocycles. The van der Waals surface area contributed by atoms with Crippen molar-refractivity contribution in [3.63, 3.8) is 0 Å². The maximum Gasteiger partial charge on any atom is 0.322 e. The van der Waals surface area contributed by atoms with Gasteiger partial charge in [-0.15, -0.1) is 0 Å². The molecular weight excluding hydrogens is 208 g/mol. The Morgan fingerprint density at radius 3 is 2.57 bits per heavy atom. The third kappa shape index (κ3) is 6.81. The number of carbonyl (C=O) groups excluding carboxylic acids is 1. The van der Waals surface area contributed by atoms with Gasteiger partial charge in [-0.2, -0.15) is 0 Å². The van der Waals surface area contributed by atoms with E-state index in [1.165, 1.54) is 0 Å². The highest BCUT2D eigenvalue weighted by molar-refractivity contribution is 7.90. The summed E-state index contributed by atoms with van der Waals surface area (Å²) in [5.41, 5.74) is 5.42. The molecule has 84 valence electrons. The van der Waals surface area contributed by atoms with Gasteiger partial charge in [0.05, 0.1) is 7.11 Å². The second-order valence-electron chi connectivity index (χ2n) is 3.00. The summed E-state index contributed by atoms with van der Waals surface area (Å²) in [5, 5.41) is 0. The molecule has 6 nitrogen and oxygen atoms in total. The molecule has 7 heteroatoms. The number of ether oxygens (including phenoxy) is 1. The van der Waals surface area contributed by atoms with Crippen LogP contribution in [0.15, 0.2) is 0 Å². The van der Waals surface area contributed by atoms with Crippen LogP contribution in [0.1, 0.15) is 13.3 Å². The lowest BCUT2D eigenvalue weighted by atomic mass is 10.3. The second-order valence-corrected chi connectivity index (χ2v) is 4.80. The summed E-state index contributed by atoms with van der Waals surface area (Å²) in [6.45, 7) is 2.01. The standard InChI is InChI=1S/C7H16N2O4S/c1-6(8)3-4-9-14(11,12)5-7(10)13-2/h6,9H,3-5,8H2,1-2H3. The summed E-state index contributed by atoms with van der Waals surface area (Å²) < 4.78 is 28.7. The quantitative estimate of drug-likeness (QED) is 0.553. The number of esters is 1. The Hall–Kier alpha value is -0.660. The molecular formula is C7H16N2O4S. The molecule has 0 aliphatic rings. The Labute approximate surface area is 83.9 Å². The van der Waals surface area contributed by atoms with Gasteiger partial charge in [0.2, 0.25) is 10.0 Å². The maximum absolute atomic E-state index is 11.1. The number of nitrogens with one attached hydrogen (secondary N) is 1. The first-order chi connectivity index (χ1) is 6.37. The highest BCUT2D eigenvalue weighted by atomic mass is 32.2. The lowest BCUT2D eigenvalue weighted by Gasteiger charge is -2.07. The van der Waals surface area contributed by atoms with E-state index >= 15 is 0 Å². The summed E-state index contributed by atoms with van der Waals surface area (Å²) in [4.78, 5) is 10.7. The fourth-order valence-corrected chi connectivity index (χ4v) is 1.67. The van der Waals surface area contributed by atoms with E-state index in [9.17, 15) is 13.2 Å². The van der Waals surface area contributed by atoms with E-state index in [4.69, 9.17) is 5.73 Å². The minimum Gasteiger partial charge on any atom is -0.468 e. The molecule has 0 aromatic carbocycles. The monoisotopic (exact) mass is 224 g/mol. The van der Waals surface area contributed by atoms with Crippen molar-refractivity contribution in [2.45, 2.75) is 19.4 Å². The summed E-state index contributed by atoms with van der Waals surface area (Å²) in [6, 6.07) is -0.0733. The van der Waals surface area contributed by atoms with Crippen molar-refractivity contribution in [2.75, 3.05) is 19.4 Å². The minimum atomic E-state index is -3.57. The molecule has 0 saturated heterocycles. The molecule has 0 radical (unpaired) electrons. The topological polar surface area (TPSA) is 98.5 Å². The molecule has 0 bridgehead atoms. The first kappa shape index (κ1) is 13.3. The third-order valence-corrected chi connectivity index (χ3v) is 2.72. The van der Waals surface area contributed by atoms with Gasteiger partial charge in [0.25, 0.3) is 0 Å². The van der Waals surface area contributed by atoms with Gasteiger partial charge in [-0.05, 0) is 13.3 Å². The van der Waals surface area contributed by atoms with Crippen LogP contribution in [0.2, 0.25) is 0 Å².